The lowest BCUT2D eigenvalue weighted by Gasteiger charge is -2.17. The van der Waals surface area contributed by atoms with Crippen molar-refractivity contribution in [2.24, 2.45) is 0 Å². The fraction of sp³-hybridized carbons (Fsp3) is 0.538. The second-order valence-electron chi connectivity index (χ2n) is 7.91. The highest BCUT2D eigenvalue weighted by Gasteiger charge is 2.14. The zero-order valence-electron chi connectivity index (χ0n) is 19.4. The van der Waals surface area contributed by atoms with Crippen LogP contribution < -0.4 is 20.1 Å². The average Bonchev–Trinajstić information content (AvgIpc) is 2.74. The molecule has 2 aromatic rings. The van der Waals surface area contributed by atoms with Crippen LogP contribution in [-0.2, 0) is 19.3 Å². The number of unbranched alkanes of at least 4 members (excludes halogenated alkanes) is 3. The molecule has 1 atom stereocenters. The second kappa shape index (κ2) is 13.6. The van der Waals surface area contributed by atoms with E-state index < -0.39 is 0 Å². The van der Waals surface area contributed by atoms with Crippen molar-refractivity contribution in [2.75, 3.05) is 14.2 Å². The summed E-state index contributed by atoms with van der Waals surface area (Å²) in [4.78, 5) is 0. The van der Waals surface area contributed by atoms with E-state index in [1.165, 1.54) is 69.4 Å². The molecular formula is C26H38IO2P. The number of aryl methyl sites for hydroxylation is 3. The number of hydrogen-bond acceptors (Lipinski definition) is 2. The Balaban J connectivity index is 2.41. The first-order valence-electron chi connectivity index (χ1n) is 11.4. The summed E-state index contributed by atoms with van der Waals surface area (Å²) < 4.78 is 12.8. The molecule has 0 saturated carbocycles. The zero-order valence-corrected chi connectivity index (χ0v) is 22.5. The summed E-state index contributed by atoms with van der Waals surface area (Å²) in [6.07, 6.45) is 10.5. The van der Waals surface area contributed by atoms with Crippen LogP contribution in [-0.4, -0.2) is 14.2 Å². The van der Waals surface area contributed by atoms with E-state index >= 15 is 0 Å². The van der Waals surface area contributed by atoms with Gasteiger partial charge in [-0.05, 0) is 113 Å². The van der Waals surface area contributed by atoms with Gasteiger partial charge in [-0.15, -0.1) is 0 Å². The van der Waals surface area contributed by atoms with Gasteiger partial charge < -0.3 is 9.47 Å². The van der Waals surface area contributed by atoms with Gasteiger partial charge in [-0.2, -0.15) is 0 Å². The summed E-state index contributed by atoms with van der Waals surface area (Å²) in [5.74, 6) is 2.18. The molecule has 166 valence electrons. The monoisotopic (exact) mass is 540 g/mol. The Hall–Kier alpha value is -0.800. The summed E-state index contributed by atoms with van der Waals surface area (Å²) in [6.45, 7) is 6.76. The highest BCUT2D eigenvalue weighted by molar-refractivity contribution is 14.1. The zero-order chi connectivity index (χ0) is 21.9. The van der Waals surface area contributed by atoms with Gasteiger partial charge >= 0.3 is 0 Å². The van der Waals surface area contributed by atoms with Crippen molar-refractivity contribution in [1.82, 2.24) is 0 Å². The molecule has 0 bridgehead atoms. The summed E-state index contributed by atoms with van der Waals surface area (Å²) >= 11 is 2.43. The lowest BCUT2D eigenvalue weighted by Crippen LogP contribution is -2.11. The van der Waals surface area contributed by atoms with Crippen molar-refractivity contribution < 1.29 is 9.47 Å². The molecule has 0 fully saturated rings. The van der Waals surface area contributed by atoms with Gasteiger partial charge in [0.2, 0.25) is 0 Å². The number of rotatable bonds is 13. The maximum Gasteiger partial charge on any atom is 0.135 e. The van der Waals surface area contributed by atoms with Crippen LogP contribution in [0.2, 0.25) is 0 Å². The number of hydrogen-bond donors (Lipinski definition) is 0. The quantitative estimate of drug-likeness (QED) is 0.202. The van der Waals surface area contributed by atoms with Crippen LogP contribution in [0.5, 0.6) is 11.5 Å². The van der Waals surface area contributed by atoms with Crippen LogP contribution in [0.3, 0.4) is 0 Å². The first kappa shape index (κ1) is 25.5. The molecule has 0 heterocycles. The second-order valence-corrected chi connectivity index (χ2v) is 10.5. The molecule has 0 aliphatic carbocycles. The van der Waals surface area contributed by atoms with Gasteiger partial charge in [0.15, 0.2) is 0 Å². The normalized spacial score (nSPS) is 11.4. The summed E-state index contributed by atoms with van der Waals surface area (Å²) in [5, 5.41) is 2.83. The Labute approximate surface area is 199 Å². The maximum atomic E-state index is 5.87. The molecule has 0 N–H and O–H groups in total. The Kier molecular flexibility index (Phi) is 11.5. The van der Waals surface area contributed by atoms with E-state index in [0.717, 1.165) is 30.8 Å². The van der Waals surface area contributed by atoms with Crippen molar-refractivity contribution in [2.45, 2.75) is 78.6 Å². The van der Waals surface area contributed by atoms with Crippen LogP contribution in [0.1, 0.15) is 76.0 Å². The molecule has 0 spiro atoms. The fourth-order valence-electron chi connectivity index (χ4n) is 3.87. The van der Waals surface area contributed by atoms with E-state index in [1.54, 1.807) is 7.11 Å². The van der Waals surface area contributed by atoms with E-state index in [4.69, 9.17) is 9.47 Å². The molecule has 0 radical (unpaired) electrons. The van der Waals surface area contributed by atoms with E-state index in [2.05, 4.69) is 67.6 Å². The molecule has 0 aromatic heterocycles. The number of ether oxygens (including phenoxy) is 2. The third kappa shape index (κ3) is 7.12. The topological polar surface area (TPSA) is 18.5 Å². The largest absolute Gasteiger partial charge is 0.496 e. The molecule has 2 rings (SSSR count). The van der Waals surface area contributed by atoms with Gasteiger partial charge in [0.25, 0.3) is 0 Å². The minimum Gasteiger partial charge on any atom is -0.496 e. The lowest BCUT2D eigenvalue weighted by molar-refractivity contribution is 0.403. The van der Waals surface area contributed by atoms with Gasteiger partial charge in [0.1, 0.15) is 11.5 Å². The van der Waals surface area contributed by atoms with Crippen LogP contribution in [0.15, 0.2) is 24.3 Å². The SMILES string of the molecule is CCCCc1cc(Pc2cc(CCCC)c(OC)c(CCCC)c2)cc(I)c1OC. The number of halogens is 1. The standard InChI is InChI=1S/C26H38IO2P/c1-6-9-12-19-15-22(16-20(13-10-7-2)25(19)28-4)30-23-17-21(14-11-8-3)26(29-5)24(27)18-23/h15-18,30H,6-14H2,1-5H3. The highest BCUT2D eigenvalue weighted by atomic mass is 127. The van der Waals surface area contributed by atoms with Crippen LogP contribution >= 0.6 is 31.2 Å². The molecule has 30 heavy (non-hydrogen) atoms. The van der Waals surface area contributed by atoms with Crippen LogP contribution in [0.4, 0.5) is 0 Å². The first-order valence-corrected chi connectivity index (χ1v) is 13.5. The van der Waals surface area contributed by atoms with Gasteiger partial charge in [-0.1, -0.05) is 48.6 Å². The van der Waals surface area contributed by atoms with Gasteiger partial charge in [-0.3, -0.25) is 0 Å². The Bertz CT molecular complexity index is 775. The summed E-state index contributed by atoms with van der Waals surface area (Å²) in [7, 11) is 4.27. The highest BCUT2D eigenvalue weighted by Crippen LogP contribution is 2.31. The van der Waals surface area contributed by atoms with Gasteiger partial charge in [0, 0.05) is 0 Å². The first-order chi connectivity index (χ1) is 14.6. The Morgan fingerprint density at radius 1 is 0.667 bits per heavy atom. The predicted octanol–water partition coefficient (Wildman–Crippen LogP) is 6.97. The summed E-state index contributed by atoms with van der Waals surface area (Å²) in [6, 6.07) is 9.46. The summed E-state index contributed by atoms with van der Waals surface area (Å²) in [5.41, 5.74) is 4.11. The fourth-order valence-corrected chi connectivity index (χ4v) is 6.35. The van der Waals surface area contributed by atoms with Crippen molar-refractivity contribution in [3.05, 3.63) is 44.5 Å². The van der Waals surface area contributed by atoms with E-state index in [9.17, 15) is 0 Å². The van der Waals surface area contributed by atoms with Gasteiger partial charge in [-0.25, -0.2) is 0 Å². The van der Waals surface area contributed by atoms with E-state index in [1.807, 2.05) is 7.11 Å². The number of methoxy groups -OCH3 is 2. The van der Waals surface area contributed by atoms with Crippen LogP contribution in [0, 0.1) is 3.57 Å². The molecule has 2 nitrogen and oxygen atoms in total. The molecule has 0 saturated heterocycles. The van der Waals surface area contributed by atoms with E-state index in [-0.39, 0.29) is 0 Å². The smallest absolute Gasteiger partial charge is 0.135 e. The third-order valence-electron chi connectivity index (χ3n) is 5.46. The average molecular weight is 540 g/mol. The van der Waals surface area contributed by atoms with Crippen molar-refractivity contribution in [3.8, 4) is 11.5 Å². The van der Waals surface area contributed by atoms with Gasteiger partial charge in [0.05, 0.1) is 17.8 Å². The van der Waals surface area contributed by atoms with Crippen LogP contribution in [0.25, 0.3) is 0 Å². The molecule has 0 aliphatic heterocycles. The Morgan fingerprint density at radius 3 is 1.47 bits per heavy atom. The predicted molar refractivity (Wildman–Crippen MR) is 142 cm³/mol. The molecule has 0 aliphatic rings. The number of benzene rings is 2. The Morgan fingerprint density at radius 2 is 1.07 bits per heavy atom. The lowest BCUT2D eigenvalue weighted by atomic mass is 10.00. The molecular weight excluding hydrogens is 502 g/mol. The molecule has 0 amide bonds. The molecule has 2 aromatic carbocycles. The molecule has 4 heteroatoms. The third-order valence-corrected chi connectivity index (χ3v) is 7.42. The van der Waals surface area contributed by atoms with Crippen molar-refractivity contribution >= 4 is 41.8 Å². The maximum absolute atomic E-state index is 5.87. The minimum atomic E-state index is 0.657. The minimum absolute atomic E-state index is 0.657. The van der Waals surface area contributed by atoms with E-state index in [0.29, 0.717) is 8.58 Å². The molecule has 1 unspecified atom stereocenters. The van der Waals surface area contributed by atoms with Crippen molar-refractivity contribution in [3.63, 3.8) is 0 Å². The van der Waals surface area contributed by atoms with Crippen molar-refractivity contribution in [1.29, 1.82) is 0 Å².